The van der Waals surface area contributed by atoms with E-state index in [0.717, 1.165) is 12.8 Å². The zero-order valence-corrected chi connectivity index (χ0v) is 11.2. The Labute approximate surface area is 116 Å². The number of nitrogens with zero attached hydrogens (tertiary/aromatic N) is 1. The van der Waals surface area contributed by atoms with Crippen LogP contribution in [0, 0.1) is 10.1 Å². The Kier molecular flexibility index (Phi) is 4.52. The van der Waals surface area contributed by atoms with Gasteiger partial charge in [0.15, 0.2) is 0 Å². The summed E-state index contributed by atoms with van der Waals surface area (Å²) >= 11 is 0. The lowest BCUT2D eigenvalue weighted by Gasteiger charge is -2.20. The lowest BCUT2D eigenvalue weighted by Crippen LogP contribution is -2.43. The number of amides is 2. The number of nitrogens with one attached hydrogen (secondary N) is 2. The molecule has 2 rings (SSSR count). The Morgan fingerprint density at radius 3 is 2.90 bits per heavy atom. The van der Waals surface area contributed by atoms with Crippen LogP contribution in [0.5, 0.6) is 0 Å². The normalized spacial score (nSPS) is 19.4. The highest BCUT2D eigenvalue weighted by atomic mass is 16.6. The molecule has 2 amide bonds. The van der Waals surface area contributed by atoms with Crippen molar-refractivity contribution >= 4 is 17.4 Å². The van der Waals surface area contributed by atoms with Crippen molar-refractivity contribution in [2.45, 2.75) is 31.9 Å². The molecule has 108 valence electrons. The van der Waals surface area contributed by atoms with Gasteiger partial charge in [0.25, 0.3) is 5.69 Å². The van der Waals surface area contributed by atoms with Crippen LogP contribution in [0.4, 0.5) is 16.2 Å². The van der Waals surface area contributed by atoms with E-state index in [0.29, 0.717) is 6.61 Å². The number of rotatable bonds is 4. The standard InChI is InChI=1S/C13H17N3O4/c1-9(12-7-4-8-20-12)14-13(17)15-10-5-2-3-6-11(10)16(18)19/h2-3,5-6,9,12H,4,7-8H2,1H3,(H2,14,15,17)/t9-,12-/m1/s1. The first-order valence-corrected chi connectivity index (χ1v) is 6.50. The molecule has 1 aliphatic heterocycles. The molecular weight excluding hydrogens is 262 g/mol. The van der Waals surface area contributed by atoms with E-state index in [-0.39, 0.29) is 23.5 Å². The number of para-hydroxylation sites is 2. The number of hydrogen-bond donors (Lipinski definition) is 2. The van der Waals surface area contributed by atoms with Crippen LogP contribution in [-0.2, 0) is 4.74 Å². The van der Waals surface area contributed by atoms with E-state index in [1.807, 2.05) is 6.92 Å². The summed E-state index contributed by atoms with van der Waals surface area (Å²) in [5, 5.41) is 16.1. The maximum atomic E-state index is 11.9. The summed E-state index contributed by atoms with van der Waals surface area (Å²) < 4.78 is 5.48. The summed E-state index contributed by atoms with van der Waals surface area (Å²) in [6, 6.07) is 5.41. The minimum Gasteiger partial charge on any atom is -0.376 e. The van der Waals surface area contributed by atoms with Crippen molar-refractivity contribution < 1.29 is 14.5 Å². The summed E-state index contributed by atoms with van der Waals surface area (Å²) in [5.74, 6) is 0. The molecule has 1 heterocycles. The van der Waals surface area contributed by atoms with Gasteiger partial charge in [0.05, 0.1) is 17.1 Å². The fourth-order valence-electron chi connectivity index (χ4n) is 2.19. The number of urea groups is 1. The minimum atomic E-state index is -0.529. The van der Waals surface area contributed by atoms with Gasteiger partial charge in [-0.15, -0.1) is 0 Å². The molecule has 1 saturated heterocycles. The van der Waals surface area contributed by atoms with E-state index in [1.54, 1.807) is 12.1 Å². The molecule has 0 saturated carbocycles. The third-order valence-corrected chi connectivity index (χ3v) is 3.23. The number of ether oxygens (including phenoxy) is 1. The van der Waals surface area contributed by atoms with Crippen molar-refractivity contribution in [1.82, 2.24) is 5.32 Å². The first-order valence-electron chi connectivity index (χ1n) is 6.50. The van der Waals surface area contributed by atoms with Crippen molar-refractivity contribution in [3.05, 3.63) is 34.4 Å². The molecule has 7 heteroatoms. The van der Waals surface area contributed by atoms with Gasteiger partial charge in [-0.3, -0.25) is 10.1 Å². The molecule has 2 atom stereocenters. The van der Waals surface area contributed by atoms with Crippen LogP contribution in [0.25, 0.3) is 0 Å². The highest BCUT2D eigenvalue weighted by molar-refractivity contribution is 5.91. The van der Waals surface area contributed by atoms with Crippen molar-refractivity contribution in [3.8, 4) is 0 Å². The summed E-state index contributed by atoms with van der Waals surface area (Å²) in [4.78, 5) is 22.2. The number of benzene rings is 1. The van der Waals surface area contributed by atoms with Gasteiger partial charge in [0.2, 0.25) is 0 Å². The molecular formula is C13H17N3O4. The molecule has 1 fully saturated rings. The Bertz CT molecular complexity index is 500. The van der Waals surface area contributed by atoms with Crippen molar-refractivity contribution in [1.29, 1.82) is 0 Å². The topological polar surface area (TPSA) is 93.5 Å². The molecule has 0 bridgehead atoms. The van der Waals surface area contributed by atoms with Crippen molar-refractivity contribution in [3.63, 3.8) is 0 Å². The van der Waals surface area contributed by atoms with E-state index in [4.69, 9.17) is 4.74 Å². The zero-order valence-electron chi connectivity index (χ0n) is 11.2. The quantitative estimate of drug-likeness (QED) is 0.653. The monoisotopic (exact) mass is 279 g/mol. The Morgan fingerprint density at radius 2 is 2.25 bits per heavy atom. The maximum absolute atomic E-state index is 11.9. The van der Waals surface area contributed by atoms with Gasteiger partial charge < -0.3 is 15.4 Å². The molecule has 0 spiro atoms. The SMILES string of the molecule is C[C@@H](NC(=O)Nc1ccccc1[N+](=O)[O-])[C@H]1CCCO1. The third-order valence-electron chi connectivity index (χ3n) is 3.23. The van der Waals surface area contributed by atoms with Crippen LogP contribution >= 0.6 is 0 Å². The van der Waals surface area contributed by atoms with E-state index in [2.05, 4.69) is 10.6 Å². The molecule has 0 aromatic heterocycles. The Balaban J connectivity index is 1.96. The summed E-state index contributed by atoms with van der Waals surface area (Å²) in [5.41, 5.74) is 0.0435. The smallest absolute Gasteiger partial charge is 0.319 e. The Hall–Kier alpha value is -2.15. The third kappa shape index (κ3) is 3.45. The fourth-order valence-corrected chi connectivity index (χ4v) is 2.19. The lowest BCUT2D eigenvalue weighted by molar-refractivity contribution is -0.383. The van der Waals surface area contributed by atoms with E-state index < -0.39 is 11.0 Å². The second-order valence-corrected chi connectivity index (χ2v) is 4.71. The fraction of sp³-hybridized carbons (Fsp3) is 0.462. The number of hydrogen-bond acceptors (Lipinski definition) is 4. The van der Waals surface area contributed by atoms with Crippen LogP contribution in [0.3, 0.4) is 0 Å². The number of carbonyl (C=O) groups excluding carboxylic acids is 1. The van der Waals surface area contributed by atoms with E-state index >= 15 is 0 Å². The van der Waals surface area contributed by atoms with E-state index in [1.165, 1.54) is 12.1 Å². The van der Waals surface area contributed by atoms with Crippen molar-refractivity contribution in [2.24, 2.45) is 0 Å². The average molecular weight is 279 g/mol. The van der Waals surface area contributed by atoms with Gasteiger partial charge >= 0.3 is 6.03 Å². The summed E-state index contributed by atoms with van der Waals surface area (Å²) in [7, 11) is 0. The zero-order chi connectivity index (χ0) is 14.5. The predicted octanol–water partition coefficient (Wildman–Crippen LogP) is 2.28. The van der Waals surface area contributed by atoms with Gasteiger partial charge in [0, 0.05) is 12.7 Å². The van der Waals surface area contributed by atoms with E-state index in [9.17, 15) is 14.9 Å². The molecule has 0 radical (unpaired) electrons. The molecule has 1 aliphatic rings. The molecule has 0 aliphatic carbocycles. The molecule has 1 aromatic carbocycles. The molecule has 2 N–H and O–H groups in total. The number of carbonyl (C=O) groups is 1. The number of anilines is 1. The van der Waals surface area contributed by atoms with Crippen LogP contribution in [0.2, 0.25) is 0 Å². The van der Waals surface area contributed by atoms with Gasteiger partial charge in [-0.1, -0.05) is 12.1 Å². The molecule has 20 heavy (non-hydrogen) atoms. The highest BCUT2D eigenvalue weighted by Crippen LogP contribution is 2.23. The van der Waals surface area contributed by atoms with Gasteiger partial charge in [-0.05, 0) is 25.8 Å². The molecule has 0 unspecified atom stereocenters. The first kappa shape index (κ1) is 14.3. The maximum Gasteiger partial charge on any atom is 0.319 e. The molecule has 1 aromatic rings. The minimum absolute atomic E-state index is 0.00603. The Morgan fingerprint density at radius 1 is 1.50 bits per heavy atom. The lowest BCUT2D eigenvalue weighted by atomic mass is 10.1. The highest BCUT2D eigenvalue weighted by Gasteiger charge is 2.24. The largest absolute Gasteiger partial charge is 0.376 e. The van der Waals surface area contributed by atoms with Crippen molar-refractivity contribution in [2.75, 3.05) is 11.9 Å². The van der Waals surface area contributed by atoms with Gasteiger partial charge in [-0.25, -0.2) is 4.79 Å². The number of nitro benzene ring substituents is 1. The van der Waals surface area contributed by atoms with Crippen LogP contribution in [-0.4, -0.2) is 29.7 Å². The first-order chi connectivity index (χ1) is 9.58. The summed E-state index contributed by atoms with van der Waals surface area (Å²) in [6.07, 6.45) is 1.90. The predicted molar refractivity (Wildman–Crippen MR) is 73.7 cm³/mol. The number of nitro groups is 1. The van der Waals surface area contributed by atoms with Gasteiger partial charge in [-0.2, -0.15) is 0 Å². The van der Waals surface area contributed by atoms with Crippen LogP contribution in [0.15, 0.2) is 24.3 Å². The second kappa shape index (κ2) is 6.33. The average Bonchev–Trinajstić information content (AvgIpc) is 2.92. The van der Waals surface area contributed by atoms with Gasteiger partial charge in [0.1, 0.15) is 5.69 Å². The van der Waals surface area contributed by atoms with Crippen LogP contribution < -0.4 is 10.6 Å². The summed E-state index contributed by atoms with van der Waals surface area (Å²) in [6.45, 7) is 2.57. The van der Waals surface area contributed by atoms with Crippen LogP contribution in [0.1, 0.15) is 19.8 Å². The second-order valence-electron chi connectivity index (χ2n) is 4.71. The molecule has 7 nitrogen and oxygen atoms in total.